The van der Waals surface area contributed by atoms with E-state index in [2.05, 4.69) is 32.2 Å². The summed E-state index contributed by atoms with van der Waals surface area (Å²) in [7, 11) is 1.65. The van der Waals surface area contributed by atoms with Crippen molar-refractivity contribution in [1.82, 2.24) is 5.32 Å². The zero-order valence-electron chi connectivity index (χ0n) is 18.7. The van der Waals surface area contributed by atoms with Gasteiger partial charge in [0.1, 0.15) is 23.4 Å². The molecular weight excluding hydrogens is 390 g/mol. The average Bonchev–Trinajstić information content (AvgIpc) is 3.59. The lowest BCUT2D eigenvalue weighted by Crippen LogP contribution is -2.56. The van der Waals surface area contributed by atoms with E-state index in [0.29, 0.717) is 19.6 Å². The van der Waals surface area contributed by atoms with E-state index in [1.807, 2.05) is 0 Å². The molecule has 8 nitrogen and oxygen atoms in total. The summed E-state index contributed by atoms with van der Waals surface area (Å²) in [6.45, 7) is 8.91. The van der Waals surface area contributed by atoms with E-state index in [0.717, 1.165) is 12.8 Å². The lowest BCUT2D eigenvalue weighted by atomic mass is 9.68. The van der Waals surface area contributed by atoms with Gasteiger partial charge in [0.05, 0.1) is 38.3 Å². The summed E-state index contributed by atoms with van der Waals surface area (Å²) in [6.07, 6.45) is 3.94. The van der Waals surface area contributed by atoms with Gasteiger partial charge in [-0.15, -0.1) is 0 Å². The van der Waals surface area contributed by atoms with E-state index >= 15 is 0 Å². The van der Waals surface area contributed by atoms with Gasteiger partial charge in [-0.2, -0.15) is 0 Å². The summed E-state index contributed by atoms with van der Waals surface area (Å²) in [6, 6.07) is 0. The maximum absolute atomic E-state index is 12.3. The Labute approximate surface area is 178 Å². The molecule has 0 aromatic carbocycles. The zero-order chi connectivity index (χ0) is 21.9. The second-order valence-corrected chi connectivity index (χ2v) is 8.81. The van der Waals surface area contributed by atoms with Crippen LogP contribution in [0, 0.1) is 5.92 Å². The molecule has 3 aliphatic rings. The van der Waals surface area contributed by atoms with Crippen LogP contribution in [-0.2, 0) is 33.3 Å². The third-order valence-corrected chi connectivity index (χ3v) is 6.36. The Morgan fingerprint density at radius 3 is 2.53 bits per heavy atom. The Morgan fingerprint density at radius 2 is 1.93 bits per heavy atom. The van der Waals surface area contributed by atoms with Crippen LogP contribution in [0.4, 0.5) is 0 Å². The number of carbonyl (C=O) groups excluding carboxylic acids is 2. The fourth-order valence-corrected chi connectivity index (χ4v) is 4.76. The second-order valence-electron chi connectivity index (χ2n) is 8.81. The van der Waals surface area contributed by atoms with E-state index in [1.165, 1.54) is 5.57 Å². The van der Waals surface area contributed by atoms with Gasteiger partial charge in [-0.25, -0.2) is 0 Å². The lowest BCUT2D eigenvalue weighted by molar-refractivity contribution is -0.170. The van der Waals surface area contributed by atoms with Crippen molar-refractivity contribution in [3.05, 3.63) is 11.6 Å². The van der Waals surface area contributed by atoms with Crippen molar-refractivity contribution in [2.45, 2.75) is 76.5 Å². The minimum atomic E-state index is -0.416. The second kappa shape index (κ2) is 9.34. The first-order valence-corrected chi connectivity index (χ1v) is 10.8. The molecule has 1 spiro atoms. The van der Waals surface area contributed by atoms with Crippen LogP contribution in [0.5, 0.6) is 0 Å². The lowest BCUT2D eigenvalue weighted by Gasteiger charge is -2.42. The molecule has 1 unspecified atom stereocenters. The zero-order valence-corrected chi connectivity index (χ0v) is 18.7. The molecule has 3 fully saturated rings. The molecule has 0 bridgehead atoms. The van der Waals surface area contributed by atoms with Crippen LogP contribution < -0.4 is 5.32 Å². The fourth-order valence-electron chi connectivity index (χ4n) is 4.76. The van der Waals surface area contributed by atoms with Gasteiger partial charge >= 0.3 is 11.9 Å². The maximum Gasteiger partial charge on any atom is 0.320 e. The van der Waals surface area contributed by atoms with Crippen LogP contribution in [-0.4, -0.2) is 74.9 Å². The number of ether oxygens (including phenoxy) is 5. The summed E-state index contributed by atoms with van der Waals surface area (Å²) in [5, 5.41) is 2.76. The third kappa shape index (κ3) is 5.04. The van der Waals surface area contributed by atoms with Crippen molar-refractivity contribution in [1.29, 1.82) is 0 Å². The van der Waals surface area contributed by atoms with Crippen LogP contribution in [0.2, 0.25) is 0 Å². The number of nitrogens with one attached hydrogen (secondary N) is 1. The first kappa shape index (κ1) is 23.2. The number of allylic oxidation sites excluding steroid dienone is 1. The average molecular weight is 426 g/mol. The van der Waals surface area contributed by atoms with E-state index in [1.54, 1.807) is 14.0 Å². The van der Waals surface area contributed by atoms with Crippen molar-refractivity contribution >= 4 is 11.9 Å². The predicted octanol–water partition coefficient (Wildman–Crippen LogP) is 1.76. The van der Waals surface area contributed by atoms with Gasteiger partial charge in [-0.1, -0.05) is 11.6 Å². The van der Waals surface area contributed by atoms with Crippen molar-refractivity contribution in [3.8, 4) is 0 Å². The van der Waals surface area contributed by atoms with Gasteiger partial charge < -0.3 is 23.7 Å². The molecule has 0 radical (unpaired) electrons. The molecule has 2 aliphatic heterocycles. The molecule has 0 aromatic heterocycles. The first-order valence-electron chi connectivity index (χ1n) is 10.8. The number of epoxide rings is 2. The van der Waals surface area contributed by atoms with Gasteiger partial charge in [-0.3, -0.25) is 14.9 Å². The Hall–Kier alpha value is -1.48. The van der Waals surface area contributed by atoms with Crippen LogP contribution >= 0.6 is 0 Å². The molecule has 3 rings (SSSR count). The van der Waals surface area contributed by atoms with Crippen molar-refractivity contribution < 1.29 is 33.3 Å². The van der Waals surface area contributed by atoms with E-state index < -0.39 is 11.9 Å². The number of rotatable bonds is 10. The Morgan fingerprint density at radius 1 is 1.23 bits per heavy atom. The summed E-state index contributed by atoms with van der Waals surface area (Å²) in [4.78, 5) is 23.7. The number of esters is 2. The van der Waals surface area contributed by atoms with Crippen molar-refractivity contribution in [3.63, 3.8) is 0 Å². The molecule has 170 valence electrons. The fraction of sp³-hybridized carbons (Fsp3) is 0.818. The normalized spacial score (nSPS) is 36.8. The molecular formula is C22H35NO7. The van der Waals surface area contributed by atoms with Crippen LogP contribution in [0.15, 0.2) is 11.6 Å². The summed E-state index contributed by atoms with van der Waals surface area (Å²) < 4.78 is 28.5. The van der Waals surface area contributed by atoms with E-state index in [9.17, 15) is 9.59 Å². The van der Waals surface area contributed by atoms with E-state index in [-0.39, 0.29) is 48.5 Å². The number of carbonyl (C=O) groups is 2. The quantitative estimate of drug-likeness (QED) is 0.321. The molecule has 1 saturated carbocycles. The summed E-state index contributed by atoms with van der Waals surface area (Å²) in [5.41, 5.74) is 0.649. The Bertz CT molecular complexity index is 670. The van der Waals surface area contributed by atoms with Gasteiger partial charge in [-0.05, 0) is 47.0 Å². The van der Waals surface area contributed by atoms with Gasteiger partial charge in [0.25, 0.3) is 0 Å². The molecule has 1 aliphatic carbocycles. The molecule has 2 saturated heterocycles. The third-order valence-electron chi connectivity index (χ3n) is 6.36. The van der Waals surface area contributed by atoms with Crippen molar-refractivity contribution in [2.24, 2.45) is 5.92 Å². The van der Waals surface area contributed by atoms with Gasteiger partial charge in [0.2, 0.25) is 0 Å². The van der Waals surface area contributed by atoms with Crippen LogP contribution in [0.3, 0.4) is 0 Å². The smallest absolute Gasteiger partial charge is 0.320 e. The first-order chi connectivity index (χ1) is 14.3. The molecule has 30 heavy (non-hydrogen) atoms. The minimum Gasteiger partial charge on any atom is -0.465 e. The molecule has 2 heterocycles. The topological polar surface area (TPSA) is 98.9 Å². The van der Waals surface area contributed by atoms with Crippen LogP contribution in [0.25, 0.3) is 0 Å². The van der Waals surface area contributed by atoms with Crippen LogP contribution in [0.1, 0.15) is 47.0 Å². The Kier molecular flexibility index (Phi) is 7.22. The van der Waals surface area contributed by atoms with Crippen molar-refractivity contribution in [2.75, 3.05) is 33.4 Å². The molecule has 6 atom stereocenters. The molecule has 8 heteroatoms. The standard InChI is InChI=1S/C22H35NO7/c1-6-27-17(24)11-23-12-18(25)29-15-9-10-22(13-28-22)20(19(15)26-5)21(4)16(30-21)8-7-14(2)3/h7,15-16,19-20,23H,6,8-13H2,1-5H3/t15-,16?,19-,20-,21+,22+/m1/s1. The predicted molar refractivity (Wildman–Crippen MR) is 109 cm³/mol. The summed E-state index contributed by atoms with van der Waals surface area (Å²) in [5.74, 6) is -0.822. The number of hydrogen-bond acceptors (Lipinski definition) is 8. The van der Waals surface area contributed by atoms with Gasteiger partial charge in [0, 0.05) is 7.11 Å². The van der Waals surface area contributed by atoms with Gasteiger partial charge in [0.15, 0.2) is 0 Å². The highest BCUT2D eigenvalue weighted by Gasteiger charge is 2.72. The highest BCUT2D eigenvalue weighted by molar-refractivity contribution is 5.75. The maximum atomic E-state index is 12.3. The number of methoxy groups -OCH3 is 1. The monoisotopic (exact) mass is 425 g/mol. The molecule has 1 N–H and O–H groups in total. The molecule has 0 aromatic rings. The number of hydrogen-bond donors (Lipinski definition) is 1. The summed E-state index contributed by atoms with van der Waals surface area (Å²) >= 11 is 0. The Balaban J connectivity index is 1.60. The minimum absolute atomic E-state index is 0.00963. The highest BCUT2D eigenvalue weighted by Crippen LogP contribution is 2.59. The molecule has 0 amide bonds. The van der Waals surface area contributed by atoms with E-state index in [4.69, 9.17) is 23.7 Å². The largest absolute Gasteiger partial charge is 0.465 e. The SMILES string of the molecule is CCOC(=O)CNCC(=O)O[C@@H]1CC[C@]2(CO2)[C@@H]([C@@]2(C)OC2CC=C(C)C)[C@@H]1OC. The highest BCUT2D eigenvalue weighted by atomic mass is 16.6.